The molecule has 0 radical (unpaired) electrons. The molecule has 0 N–H and O–H groups in total. The molecule has 0 bridgehead atoms. The third-order valence-corrected chi connectivity index (χ3v) is 6.15. The Bertz CT molecular complexity index is 1900. The van der Waals surface area contributed by atoms with Gasteiger partial charge in [-0.15, -0.1) is 0 Å². The first kappa shape index (κ1) is 29.4. The molecule has 12 heteroatoms. The fraction of sp³-hybridized carbons (Fsp3) is 0.0645. The minimum atomic E-state index is -4.98. The summed E-state index contributed by atoms with van der Waals surface area (Å²) in [6.07, 6.45) is -8.21. The summed E-state index contributed by atoms with van der Waals surface area (Å²) in [5.74, 6) is -5.77. The van der Waals surface area contributed by atoms with E-state index in [-0.39, 0.29) is 33.2 Å². The Balaban J connectivity index is 1.43. The average molecular weight is 605 g/mol. The zero-order valence-electron chi connectivity index (χ0n) is 21.1. The van der Waals surface area contributed by atoms with Crippen molar-refractivity contribution in [2.45, 2.75) is 12.3 Å². The van der Waals surface area contributed by atoms with Gasteiger partial charge in [0.2, 0.25) is 0 Å². The third kappa shape index (κ3) is 6.11. The van der Waals surface area contributed by atoms with E-state index >= 15 is 0 Å². The topological polar surface area (TPSA) is 22.1 Å². The predicted molar refractivity (Wildman–Crippen MR) is 136 cm³/mol. The monoisotopic (exact) mass is 605 g/mol. The van der Waals surface area contributed by atoms with E-state index in [0.717, 1.165) is 36.3 Å². The van der Waals surface area contributed by atoms with Gasteiger partial charge >= 0.3 is 12.3 Å². The summed E-state index contributed by atoms with van der Waals surface area (Å²) in [4.78, 5) is 3.90. The Labute approximate surface area is 236 Å². The minimum absolute atomic E-state index is 0.0124. The third-order valence-electron chi connectivity index (χ3n) is 6.15. The standard InChI is InChI=1S/C31H13F10NO/c32-23-12-17-11-16(4-6-21(17)29(36)22(23)8-9-30(37,38)39)20-7-5-19(15-24(20)33)43-31(40,41)28-25(34)13-18(14-26(28)35)27-3-1-2-10-42-27/h1-7,10-15H. The number of hydrogen-bond donors (Lipinski definition) is 0. The van der Waals surface area contributed by atoms with Gasteiger partial charge in [-0.25, -0.2) is 22.0 Å². The highest BCUT2D eigenvalue weighted by molar-refractivity contribution is 5.89. The second kappa shape index (κ2) is 11.0. The highest BCUT2D eigenvalue weighted by Gasteiger charge is 2.41. The van der Waals surface area contributed by atoms with Gasteiger partial charge in [0.25, 0.3) is 0 Å². The summed E-state index contributed by atoms with van der Waals surface area (Å²) in [5, 5.41) is -0.467. The van der Waals surface area contributed by atoms with Crippen LogP contribution in [0.4, 0.5) is 43.9 Å². The molecular weight excluding hydrogens is 592 g/mol. The van der Waals surface area contributed by atoms with Gasteiger partial charge in [-0.3, -0.25) is 4.98 Å². The Morgan fingerprint density at radius 3 is 2.02 bits per heavy atom. The molecule has 5 rings (SSSR count). The quantitative estimate of drug-likeness (QED) is 0.147. The van der Waals surface area contributed by atoms with Crippen LogP contribution >= 0.6 is 0 Å². The minimum Gasteiger partial charge on any atom is -0.429 e. The molecule has 0 spiro atoms. The molecule has 1 heterocycles. The molecule has 1 aromatic heterocycles. The van der Waals surface area contributed by atoms with Crippen LogP contribution in [0, 0.1) is 40.9 Å². The number of halogens is 10. The van der Waals surface area contributed by atoms with Crippen molar-refractivity contribution in [2.24, 2.45) is 0 Å². The molecule has 0 saturated carbocycles. The molecule has 43 heavy (non-hydrogen) atoms. The maximum absolute atomic E-state index is 15.0. The number of benzene rings is 4. The van der Waals surface area contributed by atoms with Crippen molar-refractivity contribution in [3.8, 4) is 40.0 Å². The molecule has 0 aliphatic heterocycles. The van der Waals surface area contributed by atoms with Gasteiger partial charge in [0.1, 0.15) is 40.4 Å². The predicted octanol–water partition coefficient (Wildman–Crippen LogP) is 9.31. The summed E-state index contributed by atoms with van der Waals surface area (Å²) >= 11 is 0. The van der Waals surface area contributed by atoms with Gasteiger partial charge in [0, 0.05) is 34.7 Å². The van der Waals surface area contributed by atoms with E-state index in [1.807, 2.05) is 0 Å². The lowest BCUT2D eigenvalue weighted by Crippen LogP contribution is -2.25. The van der Waals surface area contributed by atoms with Gasteiger partial charge in [-0.1, -0.05) is 24.1 Å². The zero-order valence-corrected chi connectivity index (χ0v) is 21.1. The van der Waals surface area contributed by atoms with Crippen LogP contribution in [0.15, 0.2) is 79.0 Å². The maximum atomic E-state index is 15.0. The van der Waals surface area contributed by atoms with E-state index in [0.29, 0.717) is 24.3 Å². The number of pyridine rings is 1. The fourth-order valence-corrected chi connectivity index (χ4v) is 4.27. The molecule has 218 valence electrons. The van der Waals surface area contributed by atoms with Crippen LogP contribution in [-0.4, -0.2) is 11.2 Å². The van der Waals surface area contributed by atoms with E-state index < -0.39 is 58.2 Å². The van der Waals surface area contributed by atoms with Crippen molar-refractivity contribution in [3.05, 3.63) is 119 Å². The SMILES string of the molecule is Fc1cc(OC(F)(F)c2c(F)cc(-c3ccccn3)cc2F)ccc1-c1ccc2c(F)c(C#CC(F)(F)F)c(F)cc2c1. The summed E-state index contributed by atoms with van der Waals surface area (Å²) in [7, 11) is 0. The van der Waals surface area contributed by atoms with Crippen molar-refractivity contribution in [1.82, 2.24) is 4.98 Å². The van der Waals surface area contributed by atoms with Crippen LogP contribution in [-0.2, 0) is 6.11 Å². The Morgan fingerprint density at radius 1 is 0.674 bits per heavy atom. The van der Waals surface area contributed by atoms with Crippen LogP contribution in [0.5, 0.6) is 5.75 Å². The van der Waals surface area contributed by atoms with Gasteiger partial charge in [0.05, 0.1) is 11.3 Å². The van der Waals surface area contributed by atoms with Crippen molar-refractivity contribution in [2.75, 3.05) is 0 Å². The van der Waals surface area contributed by atoms with Gasteiger partial charge in [-0.05, 0) is 59.5 Å². The van der Waals surface area contributed by atoms with Gasteiger partial charge < -0.3 is 4.74 Å². The number of alkyl halides is 5. The molecular formula is C31H13F10NO. The molecule has 0 saturated heterocycles. The van der Waals surface area contributed by atoms with Crippen LogP contribution in [0.2, 0.25) is 0 Å². The largest absolute Gasteiger partial charge is 0.458 e. The normalized spacial score (nSPS) is 11.8. The molecule has 0 atom stereocenters. The maximum Gasteiger partial charge on any atom is 0.458 e. The molecule has 0 aliphatic rings. The first-order chi connectivity index (χ1) is 20.2. The smallest absolute Gasteiger partial charge is 0.429 e. The van der Waals surface area contributed by atoms with Crippen LogP contribution in [0.1, 0.15) is 11.1 Å². The van der Waals surface area contributed by atoms with Crippen molar-refractivity contribution >= 4 is 10.8 Å². The molecule has 2 nitrogen and oxygen atoms in total. The highest BCUT2D eigenvalue weighted by atomic mass is 19.4. The average Bonchev–Trinajstić information content (AvgIpc) is 2.92. The van der Waals surface area contributed by atoms with Gasteiger partial charge in [-0.2, -0.15) is 22.0 Å². The number of nitrogens with zero attached hydrogens (tertiary/aromatic N) is 1. The van der Waals surface area contributed by atoms with E-state index in [4.69, 9.17) is 0 Å². The summed E-state index contributed by atoms with van der Waals surface area (Å²) < 4.78 is 145. The molecule has 0 amide bonds. The van der Waals surface area contributed by atoms with E-state index in [1.165, 1.54) is 24.3 Å². The summed E-state index contributed by atoms with van der Waals surface area (Å²) in [5.41, 5.74) is -3.02. The van der Waals surface area contributed by atoms with Crippen LogP contribution in [0.25, 0.3) is 33.2 Å². The van der Waals surface area contributed by atoms with E-state index in [2.05, 4.69) is 9.72 Å². The molecule has 0 fully saturated rings. The van der Waals surface area contributed by atoms with Crippen LogP contribution in [0.3, 0.4) is 0 Å². The van der Waals surface area contributed by atoms with Crippen LogP contribution < -0.4 is 4.74 Å². The zero-order chi connectivity index (χ0) is 31.1. The molecule has 5 aromatic rings. The Hall–Kier alpha value is -5.05. The number of hydrogen-bond acceptors (Lipinski definition) is 2. The van der Waals surface area contributed by atoms with Crippen molar-refractivity contribution in [1.29, 1.82) is 0 Å². The van der Waals surface area contributed by atoms with E-state index in [1.54, 1.807) is 6.07 Å². The first-order valence-electron chi connectivity index (χ1n) is 12.0. The Morgan fingerprint density at radius 2 is 1.40 bits per heavy atom. The number of fused-ring (bicyclic) bond motifs is 1. The molecule has 4 aromatic carbocycles. The highest BCUT2D eigenvalue weighted by Crippen LogP contribution is 2.38. The van der Waals surface area contributed by atoms with Crippen molar-refractivity contribution in [3.63, 3.8) is 0 Å². The van der Waals surface area contributed by atoms with E-state index in [9.17, 15) is 43.9 Å². The molecule has 0 aliphatic carbocycles. The van der Waals surface area contributed by atoms with Crippen molar-refractivity contribution < 1.29 is 48.6 Å². The number of rotatable bonds is 5. The fourth-order valence-electron chi connectivity index (χ4n) is 4.27. The van der Waals surface area contributed by atoms with Gasteiger partial charge in [0.15, 0.2) is 0 Å². The summed E-state index contributed by atoms with van der Waals surface area (Å²) in [6.45, 7) is 0. The number of ether oxygens (including phenoxy) is 1. The first-order valence-corrected chi connectivity index (χ1v) is 12.0. The Kier molecular flexibility index (Phi) is 7.52. The lowest BCUT2D eigenvalue weighted by atomic mass is 9.98. The second-order valence-electron chi connectivity index (χ2n) is 9.02. The number of aromatic nitrogens is 1. The molecule has 0 unspecified atom stereocenters. The second-order valence-corrected chi connectivity index (χ2v) is 9.02. The summed E-state index contributed by atoms with van der Waals surface area (Å²) in [6, 6.07) is 12.2. The lowest BCUT2D eigenvalue weighted by Gasteiger charge is -2.20. The lowest BCUT2D eigenvalue weighted by molar-refractivity contribution is -0.189.